The third kappa shape index (κ3) is 7.99. The van der Waals surface area contributed by atoms with E-state index in [1.807, 2.05) is 48.5 Å². The first-order valence-corrected chi connectivity index (χ1v) is 13.6. The van der Waals surface area contributed by atoms with Crippen LogP contribution < -0.4 is 10.9 Å². The quantitative estimate of drug-likeness (QED) is 0.0908. The van der Waals surface area contributed by atoms with Crippen LogP contribution in [-0.2, 0) is 0 Å². The van der Waals surface area contributed by atoms with Crippen molar-refractivity contribution in [2.24, 2.45) is 10.2 Å². The number of benzene rings is 4. The molecule has 4 aromatic carbocycles. The Morgan fingerprint density at radius 2 is 0.911 bits per heavy atom. The van der Waals surface area contributed by atoms with Gasteiger partial charge in [-0.1, -0.05) is 36.0 Å². The van der Waals surface area contributed by atoms with Crippen LogP contribution in [0.5, 0.6) is 0 Å². The third-order valence-electron chi connectivity index (χ3n) is 6.25. The Hall–Kier alpha value is -6.23. The lowest BCUT2D eigenvalue weighted by Crippen LogP contribution is -2.02. The fraction of sp³-hybridized carbons (Fsp3) is 0.0714. The van der Waals surface area contributed by atoms with Crippen LogP contribution in [-0.4, -0.2) is 31.1 Å². The van der Waals surface area contributed by atoms with Crippen LogP contribution >= 0.6 is 11.8 Å². The van der Waals surface area contributed by atoms with E-state index in [4.69, 9.17) is 0 Å². The van der Waals surface area contributed by atoms with Crippen molar-refractivity contribution in [3.05, 3.63) is 137 Å². The Balaban J connectivity index is 1.39. The minimum absolute atomic E-state index is 0.0179. The van der Waals surface area contributed by atoms with Gasteiger partial charge in [0.2, 0.25) is 0 Å². The van der Waals surface area contributed by atoms with E-state index in [2.05, 4.69) is 21.1 Å². The van der Waals surface area contributed by atoms with Gasteiger partial charge in [0, 0.05) is 21.9 Å². The topological polar surface area (TPSA) is 221 Å². The predicted octanol–water partition coefficient (Wildman–Crippen LogP) is 7.14. The summed E-state index contributed by atoms with van der Waals surface area (Å²) in [5.74, 6) is 0. The maximum Gasteiger partial charge on any atom is 0.301 e. The molecule has 0 spiro atoms. The summed E-state index contributed by atoms with van der Waals surface area (Å²) in [5.41, 5.74) is 6.09. The molecule has 0 fully saturated rings. The van der Waals surface area contributed by atoms with E-state index < -0.39 is 42.4 Å². The van der Waals surface area contributed by atoms with Crippen LogP contribution in [0.1, 0.15) is 25.0 Å². The second kappa shape index (κ2) is 13.8. The van der Waals surface area contributed by atoms with Gasteiger partial charge in [0.15, 0.2) is 0 Å². The molecule has 45 heavy (non-hydrogen) atoms. The number of anilines is 2. The molecule has 4 rings (SSSR count). The number of hydrogen-bond acceptors (Lipinski definition) is 13. The number of nitro benzene ring substituents is 4. The smallest absolute Gasteiger partial charge is 0.271 e. The number of hydrazone groups is 2. The number of nitrogens with one attached hydrogen (secondary N) is 2. The van der Waals surface area contributed by atoms with Gasteiger partial charge in [-0.2, -0.15) is 10.2 Å². The van der Waals surface area contributed by atoms with E-state index in [9.17, 15) is 40.5 Å². The van der Waals surface area contributed by atoms with E-state index in [1.165, 1.54) is 23.9 Å². The predicted molar refractivity (Wildman–Crippen MR) is 168 cm³/mol. The van der Waals surface area contributed by atoms with Crippen molar-refractivity contribution in [3.63, 3.8) is 0 Å². The third-order valence-corrected chi connectivity index (χ3v) is 7.26. The highest BCUT2D eigenvalue weighted by Gasteiger charge is 2.20. The van der Waals surface area contributed by atoms with Gasteiger partial charge in [-0.15, -0.1) is 0 Å². The minimum atomic E-state index is -0.723. The maximum atomic E-state index is 11.3. The number of hydrogen-bond donors (Lipinski definition) is 2. The molecule has 0 bridgehead atoms. The zero-order valence-corrected chi connectivity index (χ0v) is 24.3. The van der Waals surface area contributed by atoms with Gasteiger partial charge in [-0.05, 0) is 61.4 Å². The molecule has 0 aliphatic heterocycles. The maximum absolute atomic E-state index is 11.3. The molecular weight excluding hydrogens is 608 g/mol. The second-order valence-electron chi connectivity index (χ2n) is 9.20. The summed E-state index contributed by atoms with van der Waals surface area (Å²) < 4.78 is 0. The Bertz CT molecular complexity index is 1730. The van der Waals surface area contributed by atoms with Crippen LogP contribution in [0.25, 0.3) is 0 Å². The van der Waals surface area contributed by atoms with Gasteiger partial charge in [0.1, 0.15) is 11.4 Å². The van der Waals surface area contributed by atoms with Gasteiger partial charge < -0.3 is 0 Å². The fourth-order valence-corrected chi connectivity index (χ4v) is 4.66. The molecule has 17 heteroatoms. The Kier molecular flexibility index (Phi) is 9.74. The standard InChI is InChI=1S/C28H22N8O8S/c1-17(29-31-25-13-7-21(33(37)38)15-27(25)35(41)42)19-3-9-23(10-4-19)45-24-11-5-20(6-12-24)18(2)30-32-26-14-8-22(34(39)40)16-28(26)36(43)44/h3-16,31-32H,1-2H3/b29-17-,30-18-. The highest BCUT2D eigenvalue weighted by Crippen LogP contribution is 2.31. The van der Waals surface area contributed by atoms with E-state index in [0.717, 1.165) is 45.2 Å². The summed E-state index contributed by atoms with van der Waals surface area (Å²) in [5, 5.41) is 52.9. The fourth-order valence-electron chi connectivity index (χ4n) is 3.84. The number of rotatable bonds is 12. The molecule has 4 aromatic rings. The Labute approximate surface area is 258 Å². The lowest BCUT2D eigenvalue weighted by atomic mass is 10.1. The molecule has 0 atom stereocenters. The van der Waals surface area contributed by atoms with Crippen molar-refractivity contribution in [2.45, 2.75) is 23.6 Å². The van der Waals surface area contributed by atoms with Gasteiger partial charge in [-0.3, -0.25) is 51.3 Å². The second-order valence-corrected chi connectivity index (χ2v) is 10.3. The zero-order valence-electron chi connectivity index (χ0n) is 23.4. The number of nitro groups is 4. The zero-order chi connectivity index (χ0) is 32.7. The van der Waals surface area contributed by atoms with Crippen LogP contribution in [0.4, 0.5) is 34.1 Å². The largest absolute Gasteiger partial charge is 0.301 e. The van der Waals surface area contributed by atoms with Gasteiger partial charge in [0.25, 0.3) is 11.4 Å². The van der Waals surface area contributed by atoms with Crippen molar-refractivity contribution in [1.82, 2.24) is 0 Å². The summed E-state index contributed by atoms with van der Waals surface area (Å²) in [4.78, 5) is 43.5. The van der Waals surface area contributed by atoms with Crippen LogP contribution in [0.2, 0.25) is 0 Å². The molecule has 0 aliphatic carbocycles. The van der Waals surface area contributed by atoms with Crippen molar-refractivity contribution in [1.29, 1.82) is 0 Å². The molecule has 0 aliphatic rings. The molecule has 0 aromatic heterocycles. The van der Waals surface area contributed by atoms with Gasteiger partial charge in [0.05, 0.1) is 43.2 Å². The molecule has 0 saturated heterocycles. The van der Waals surface area contributed by atoms with E-state index in [-0.39, 0.29) is 11.4 Å². The van der Waals surface area contributed by atoms with E-state index in [0.29, 0.717) is 11.4 Å². The number of nitrogens with zero attached hydrogens (tertiary/aromatic N) is 6. The Morgan fingerprint density at radius 1 is 0.556 bits per heavy atom. The first-order valence-electron chi connectivity index (χ1n) is 12.8. The van der Waals surface area contributed by atoms with Gasteiger partial charge in [-0.25, -0.2) is 0 Å². The molecule has 0 unspecified atom stereocenters. The van der Waals surface area contributed by atoms with E-state index >= 15 is 0 Å². The monoisotopic (exact) mass is 630 g/mol. The molecule has 16 nitrogen and oxygen atoms in total. The van der Waals surface area contributed by atoms with Gasteiger partial charge >= 0.3 is 11.4 Å². The lowest BCUT2D eigenvalue weighted by molar-refractivity contribution is -0.393. The lowest BCUT2D eigenvalue weighted by Gasteiger charge is -2.07. The molecule has 0 amide bonds. The molecule has 0 heterocycles. The van der Waals surface area contributed by atoms with Crippen LogP contribution in [0.3, 0.4) is 0 Å². The molecular formula is C28H22N8O8S. The average Bonchev–Trinajstić information content (AvgIpc) is 3.02. The average molecular weight is 631 g/mol. The molecule has 0 saturated carbocycles. The van der Waals surface area contributed by atoms with Crippen LogP contribution in [0.15, 0.2) is 105 Å². The SMILES string of the molecule is C/C(=N/Nc1ccc([N+](=O)[O-])cc1[N+](=O)[O-])c1ccc(Sc2ccc(/C(C)=N\Nc3ccc([N+](=O)[O-])cc3[N+](=O)[O-])cc2)cc1. The Morgan fingerprint density at radius 3 is 1.22 bits per heavy atom. The van der Waals surface area contributed by atoms with Crippen LogP contribution in [0, 0.1) is 40.5 Å². The van der Waals surface area contributed by atoms with Crippen molar-refractivity contribution in [2.75, 3.05) is 10.9 Å². The highest BCUT2D eigenvalue weighted by atomic mass is 32.2. The van der Waals surface area contributed by atoms with Crippen molar-refractivity contribution >= 4 is 57.3 Å². The molecule has 228 valence electrons. The normalized spacial score (nSPS) is 11.5. The molecule has 2 N–H and O–H groups in total. The summed E-state index contributed by atoms with van der Waals surface area (Å²) in [6.07, 6.45) is 0. The van der Waals surface area contributed by atoms with Crippen molar-refractivity contribution in [3.8, 4) is 0 Å². The summed E-state index contributed by atoms with van der Waals surface area (Å²) >= 11 is 1.50. The summed E-state index contributed by atoms with van der Waals surface area (Å²) in [6, 6.07) is 21.4. The minimum Gasteiger partial charge on any atom is -0.271 e. The summed E-state index contributed by atoms with van der Waals surface area (Å²) in [6.45, 7) is 3.42. The highest BCUT2D eigenvalue weighted by molar-refractivity contribution is 7.99. The summed E-state index contributed by atoms with van der Waals surface area (Å²) in [7, 11) is 0. The molecule has 0 radical (unpaired) electrons. The van der Waals surface area contributed by atoms with E-state index in [1.54, 1.807) is 13.8 Å². The first kappa shape index (κ1) is 31.7. The van der Waals surface area contributed by atoms with Crippen molar-refractivity contribution < 1.29 is 19.7 Å². The first-order chi connectivity index (χ1) is 21.4. The number of non-ortho nitro benzene ring substituents is 2.